The number of esters is 1. The number of aromatic nitrogens is 2. The van der Waals surface area contributed by atoms with Crippen LogP contribution in [0.15, 0.2) is 65.4 Å². The number of imidazole rings is 1. The molecule has 4 rings (SSSR count). The number of hydrogen-bond acceptors (Lipinski definition) is 5. The Morgan fingerprint density at radius 1 is 1.15 bits per heavy atom. The molecule has 0 spiro atoms. The van der Waals surface area contributed by atoms with Crippen LogP contribution in [0.1, 0.15) is 39.0 Å². The molecule has 0 aliphatic carbocycles. The van der Waals surface area contributed by atoms with Crippen LogP contribution < -0.4 is 5.32 Å². The fraction of sp³-hybridized carbons (Fsp3) is 0.250. The van der Waals surface area contributed by atoms with Gasteiger partial charge in [0.05, 0.1) is 20.0 Å². The molecule has 33 heavy (non-hydrogen) atoms. The Labute approximate surface area is 199 Å². The first kappa shape index (κ1) is 22.7. The van der Waals surface area contributed by atoms with Crippen molar-refractivity contribution in [3.05, 3.63) is 87.9 Å². The lowest BCUT2D eigenvalue weighted by molar-refractivity contribution is -0.133. The highest BCUT2D eigenvalue weighted by Crippen LogP contribution is 2.31. The van der Waals surface area contributed by atoms with E-state index < -0.39 is 17.4 Å². The summed E-state index contributed by atoms with van der Waals surface area (Å²) in [6, 6.07) is 17.1. The molecule has 1 aliphatic rings. The number of ether oxygens (including phenoxy) is 1. The van der Waals surface area contributed by atoms with Crippen LogP contribution >= 0.6 is 15.9 Å². The average Bonchev–Trinajstić information content (AvgIpc) is 3.24. The van der Waals surface area contributed by atoms with E-state index in [1.54, 1.807) is 11.5 Å². The largest absolute Gasteiger partial charge is 0.464 e. The first-order valence-corrected chi connectivity index (χ1v) is 11.1. The molecule has 2 amide bonds. The second-order valence-electron chi connectivity index (χ2n) is 8.02. The molecule has 0 saturated heterocycles. The second kappa shape index (κ2) is 9.19. The van der Waals surface area contributed by atoms with Gasteiger partial charge in [0, 0.05) is 17.6 Å². The van der Waals surface area contributed by atoms with Gasteiger partial charge in [-0.15, -0.1) is 0 Å². The van der Waals surface area contributed by atoms with Crippen LogP contribution in [0.25, 0.3) is 0 Å². The van der Waals surface area contributed by atoms with Crippen LogP contribution in [-0.4, -0.2) is 44.9 Å². The minimum atomic E-state index is -1.21. The van der Waals surface area contributed by atoms with Crippen molar-refractivity contribution in [2.45, 2.75) is 32.1 Å². The van der Waals surface area contributed by atoms with Crippen molar-refractivity contribution in [2.75, 3.05) is 7.11 Å². The van der Waals surface area contributed by atoms with E-state index >= 15 is 0 Å². The van der Waals surface area contributed by atoms with E-state index in [4.69, 9.17) is 4.74 Å². The quantitative estimate of drug-likeness (QED) is 0.514. The number of benzene rings is 2. The molecule has 0 fully saturated rings. The number of nitrogens with one attached hydrogen (secondary N) is 1. The van der Waals surface area contributed by atoms with Crippen molar-refractivity contribution in [1.82, 2.24) is 19.8 Å². The van der Waals surface area contributed by atoms with Crippen LogP contribution in [0.3, 0.4) is 0 Å². The Balaban J connectivity index is 1.70. The smallest absolute Gasteiger partial charge is 0.359 e. The highest BCUT2D eigenvalue weighted by Gasteiger charge is 2.48. The first-order valence-electron chi connectivity index (χ1n) is 10.4. The van der Waals surface area contributed by atoms with E-state index in [9.17, 15) is 14.4 Å². The van der Waals surface area contributed by atoms with Gasteiger partial charge >= 0.3 is 5.97 Å². The summed E-state index contributed by atoms with van der Waals surface area (Å²) in [6.07, 6.45) is 1.40. The lowest BCUT2D eigenvalue weighted by Gasteiger charge is -2.43. The standard InChI is InChI=1S/C24H23BrN4O4/c1-24(23(32)26-12-16-7-4-3-5-8-16)14-28-15-27-19(22(31)33-2)20(28)21(30)29(24)13-17-9-6-10-18(25)11-17/h3-11,15H,12-14H2,1-2H3,(H,26,32)/t24-/m1/s1. The molecule has 9 heteroatoms. The second-order valence-corrected chi connectivity index (χ2v) is 8.94. The predicted octanol–water partition coefficient (Wildman–Crippen LogP) is 3.16. The van der Waals surface area contributed by atoms with Crippen LogP contribution in [0.4, 0.5) is 0 Å². The third kappa shape index (κ3) is 4.41. The van der Waals surface area contributed by atoms with Crippen molar-refractivity contribution in [3.63, 3.8) is 0 Å². The zero-order valence-electron chi connectivity index (χ0n) is 18.2. The number of nitrogens with zero attached hydrogens (tertiary/aromatic N) is 3. The molecule has 0 radical (unpaired) electrons. The van der Waals surface area contributed by atoms with E-state index in [0.717, 1.165) is 15.6 Å². The van der Waals surface area contributed by atoms with E-state index in [0.29, 0.717) is 6.54 Å². The summed E-state index contributed by atoms with van der Waals surface area (Å²) in [5.74, 6) is -1.46. The molecule has 1 atom stereocenters. The Bertz CT molecular complexity index is 1210. The molecule has 1 aliphatic heterocycles. The van der Waals surface area contributed by atoms with Gasteiger partial charge in [-0.2, -0.15) is 0 Å². The fourth-order valence-corrected chi connectivity index (χ4v) is 4.42. The molecule has 2 heterocycles. The van der Waals surface area contributed by atoms with E-state index in [1.807, 2.05) is 54.6 Å². The number of fused-ring (bicyclic) bond motifs is 1. The number of amides is 2. The summed E-state index contributed by atoms with van der Waals surface area (Å²) in [5, 5.41) is 2.96. The van der Waals surface area contributed by atoms with Crippen molar-refractivity contribution in [1.29, 1.82) is 0 Å². The van der Waals surface area contributed by atoms with Crippen molar-refractivity contribution < 1.29 is 19.1 Å². The molecule has 1 aromatic heterocycles. The molecule has 3 aromatic rings. The van der Waals surface area contributed by atoms with Crippen LogP contribution in [0, 0.1) is 0 Å². The minimum Gasteiger partial charge on any atom is -0.464 e. The maximum atomic E-state index is 13.7. The van der Waals surface area contributed by atoms with Gasteiger partial charge in [-0.25, -0.2) is 9.78 Å². The Morgan fingerprint density at radius 3 is 2.58 bits per heavy atom. The van der Waals surface area contributed by atoms with Gasteiger partial charge in [0.25, 0.3) is 5.91 Å². The van der Waals surface area contributed by atoms with Gasteiger partial charge in [-0.05, 0) is 30.2 Å². The van der Waals surface area contributed by atoms with Crippen molar-refractivity contribution >= 4 is 33.7 Å². The Morgan fingerprint density at radius 2 is 1.88 bits per heavy atom. The van der Waals surface area contributed by atoms with Crippen LogP contribution in [0.2, 0.25) is 0 Å². The molecular formula is C24H23BrN4O4. The lowest BCUT2D eigenvalue weighted by atomic mass is 9.93. The minimum absolute atomic E-state index is 0.0616. The lowest BCUT2D eigenvalue weighted by Crippen LogP contribution is -2.63. The SMILES string of the molecule is COC(=O)c1ncn2c1C(=O)N(Cc1cccc(Br)c1)[C@@](C)(C(=O)NCc1ccccc1)C2. The van der Waals surface area contributed by atoms with E-state index in [-0.39, 0.29) is 30.4 Å². The number of carbonyl (C=O) groups is 3. The third-order valence-corrected chi connectivity index (χ3v) is 6.25. The topological polar surface area (TPSA) is 93.5 Å². The summed E-state index contributed by atoms with van der Waals surface area (Å²) in [7, 11) is 1.24. The van der Waals surface area contributed by atoms with E-state index in [1.165, 1.54) is 18.3 Å². The zero-order valence-corrected chi connectivity index (χ0v) is 19.8. The summed E-state index contributed by atoms with van der Waals surface area (Å²) >= 11 is 3.45. The Hall–Kier alpha value is -3.46. The molecule has 170 valence electrons. The summed E-state index contributed by atoms with van der Waals surface area (Å²) < 4.78 is 7.21. The maximum absolute atomic E-state index is 13.7. The van der Waals surface area contributed by atoms with Gasteiger partial charge in [0.2, 0.25) is 5.91 Å². The average molecular weight is 511 g/mol. The summed E-state index contributed by atoms with van der Waals surface area (Å²) in [4.78, 5) is 44.9. The van der Waals surface area contributed by atoms with Crippen molar-refractivity contribution in [2.24, 2.45) is 0 Å². The number of halogens is 1. The third-order valence-electron chi connectivity index (χ3n) is 5.75. The predicted molar refractivity (Wildman–Crippen MR) is 124 cm³/mol. The number of carbonyl (C=O) groups excluding carboxylic acids is 3. The molecule has 0 unspecified atom stereocenters. The number of methoxy groups -OCH3 is 1. The Kier molecular flexibility index (Phi) is 6.33. The fourth-order valence-electron chi connectivity index (χ4n) is 3.97. The monoisotopic (exact) mass is 510 g/mol. The molecular weight excluding hydrogens is 488 g/mol. The number of hydrogen-bond donors (Lipinski definition) is 1. The van der Waals surface area contributed by atoms with Gasteiger partial charge in [-0.3, -0.25) is 9.59 Å². The molecule has 0 saturated carbocycles. The molecule has 1 N–H and O–H groups in total. The summed E-state index contributed by atoms with van der Waals surface area (Å²) in [6.45, 7) is 2.38. The highest BCUT2D eigenvalue weighted by molar-refractivity contribution is 9.10. The van der Waals surface area contributed by atoms with Crippen LogP contribution in [0.5, 0.6) is 0 Å². The summed E-state index contributed by atoms with van der Waals surface area (Å²) in [5.41, 5.74) is 0.632. The van der Waals surface area contributed by atoms with Gasteiger partial charge in [0.15, 0.2) is 5.69 Å². The molecule has 0 bridgehead atoms. The molecule has 8 nitrogen and oxygen atoms in total. The van der Waals surface area contributed by atoms with Crippen LogP contribution in [-0.2, 0) is 29.2 Å². The van der Waals surface area contributed by atoms with Gasteiger partial charge < -0.3 is 19.5 Å². The van der Waals surface area contributed by atoms with Gasteiger partial charge in [0.1, 0.15) is 11.2 Å². The maximum Gasteiger partial charge on any atom is 0.359 e. The molecule has 2 aromatic carbocycles. The van der Waals surface area contributed by atoms with E-state index in [2.05, 4.69) is 26.2 Å². The zero-order chi connectivity index (χ0) is 23.6. The van der Waals surface area contributed by atoms with Crippen molar-refractivity contribution in [3.8, 4) is 0 Å². The normalized spacial score (nSPS) is 17.4. The number of rotatable bonds is 6. The highest BCUT2D eigenvalue weighted by atomic mass is 79.9. The van der Waals surface area contributed by atoms with Gasteiger partial charge in [-0.1, -0.05) is 58.4 Å². The first-order chi connectivity index (χ1) is 15.8.